The number of carbonyl (C=O) groups is 1. The predicted octanol–water partition coefficient (Wildman–Crippen LogP) is 6.08. The topological polar surface area (TPSA) is 53.6 Å². The first-order chi connectivity index (χ1) is 16.3. The van der Waals surface area contributed by atoms with Crippen LogP contribution in [0.3, 0.4) is 0 Å². The maximum atomic E-state index is 14.2. The summed E-state index contributed by atoms with van der Waals surface area (Å²) in [6.07, 6.45) is -9.51. The number of carbonyl (C=O) groups excluding carboxylic acids is 1. The van der Waals surface area contributed by atoms with Gasteiger partial charge in [0, 0.05) is 31.6 Å². The van der Waals surface area contributed by atoms with Crippen LogP contribution in [0.25, 0.3) is 5.70 Å². The molecule has 0 aliphatic carbocycles. The highest BCUT2D eigenvalue weighted by Crippen LogP contribution is 2.50. The van der Waals surface area contributed by atoms with Crippen molar-refractivity contribution < 1.29 is 36.0 Å². The van der Waals surface area contributed by atoms with Crippen LogP contribution in [-0.2, 0) is 16.6 Å². The molecule has 2 aliphatic heterocycles. The average Bonchev–Trinajstić information content (AvgIpc) is 3.21. The summed E-state index contributed by atoms with van der Waals surface area (Å²) in [6, 6.07) is 7.31. The molecule has 1 atom stereocenters. The summed E-state index contributed by atoms with van der Waals surface area (Å²) in [5.74, 6) is 0.0781. The Balaban J connectivity index is 1.66. The molecule has 2 N–H and O–H groups in total. The van der Waals surface area contributed by atoms with E-state index in [4.69, 9.17) is 28.0 Å². The van der Waals surface area contributed by atoms with E-state index in [2.05, 4.69) is 10.8 Å². The highest BCUT2D eigenvalue weighted by molar-refractivity contribution is 6.42. The molecule has 188 valence electrons. The Morgan fingerprint density at radius 2 is 1.74 bits per heavy atom. The van der Waals surface area contributed by atoms with E-state index in [-0.39, 0.29) is 23.7 Å². The van der Waals surface area contributed by atoms with Crippen LogP contribution < -0.4 is 10.8 Å². The molecule has 1 saturated heterocycles. The zero-order valence-corrected chi connectivity index (χ0v) is 19.3. The van der Waals surface area contributed by atoms with E-state index in [1.807, 2.05) is 0 Å². The first kappa shape index (κ1) is 25.5. The van der Waals surface area contributed by atoms with Crippen molar-refractivity contribution in [1.29, 1.82) is 0 Å². The fraction of sp³-hybridized carbons (Fsp3) is 0.318. The highest BCUT2D eigenvalue weighted by atomic mass is 35.5. The number of alkyl halides is 6. The van der Waals surface area contributed by atoms with Gasteiger partial charge in [-0.1, -0.05) is 47.5 Å². The van der Waals surface area contributed by atoms with Crippen LogP contribution in [0.5, 0.6) is 0 Å². The van der Waals surface area contributed by atoms with Gasteiger partial charge in [0.25, 0.3) is 0 Å². The minimum atomic E-state index is -5.14. The second kappa shape index (κ2) is 8.79. The summed E-state index contributed by atoms with van der Waals surface area (Å²) in [6.45, 7) is 0.998. The van der Waals surface area contributed by atoms with Crippen LogP contribution in [0.15, 0.2) is 42.5 Å². The fourth-order valence-corrected chi connectivity index (χ4v) is 4.38. The first-order valence-corrected chi connectivity index (χ1v) is 10.9. The number of hydroxylamine groups is 1. The lowest BCUT2D eigenvalue weighted by Crippen LogP contribution is -2.51. The second-order valence-electron chi connectivity index (χ2n) is 8.09. The normalized spacial score (nSPS) is 20.8. The largest absolute Gasteiger partial charge is 0.428 e. The van der Waals surface area contributed by atoms with Crippen molar-refractivity contribution in [3.63, 3.8) is 0 Å². The average molecular weight is 540 g/mol. The Kier molecular flexibility index (Phi) is 6.40. The van der Waals surface area contributed by atoms with E-state index in [0.29, 0.717) is 30.8 Å². The van der Waals surface area contributed by atoms with E-state index < -0.39 is 39.1 Å². The molecule has 35 heavy (non-hydrogen) atoms. The van der Waals surface area contributed by atoms with E-state index in [9.17, 15) is 31.1 Å². The summed E-state index contributed by atoms with van der Waals surface area (Å²) < 4.78 is 82.7. The standard InChI is InChI=1S/C22H17Cl2F6N3O2/c1-31-19(34)33-9-13(10-33)11-2-4-12(5-3-11)17-8-20(35-32-17,22(28,29)30)14-6-15(21(25,26)27)18(24)16(23)7-14/h2-8,13,32H,9-10H2,1H3,(H,31,34). The van der Waals surface area contributed by atoms with Gasteiger partial charge in [-0.2, -0.15) is 26.3 Å². The summed E-state index contributed by atoms with van der Waals surface area (Å²) in [7, 11) is 1.53. The maximum Gasteiger partial charge on any atom is 0.428 e. The molecule has 2 aromatic rings. The van der Waals surface area contributed by atoms with Gasteiger partial charge < -0.3 is 10.2 Å². The van der Waals surface area contributed by atoms with E-state index in [1.165, 1.54) is 7.05 Å². The maximum absolute atomic E-state index is 14.2. The zero-order chi connectivity index (χ0) is 25.8. The van der Waals surface area contributed by atoms with Crippen LogP contribution >= 0.6 is 23.2 Å². The lowest BCUT2D eigenvalue weighted by molar-refractivity contribution is -0.269. The molecule has 4 rings (SSSR count). The van der Waals surface area contributed by atoms with Crippen LogP contribution in [0.4, 0.5) is 31.1 Å². The molecule has 1 fully saturated rings. The Morgan fingerprint density at radius 3 is 2.29 bits per heavy atom. The van der Waals surface area contributed by atoms with Crippen molar-refractivity contribution in [3.05, 3.63) is 74.8 Å². The van der Waals surface area contributed by atoms with Gasteiger partial charge in [0.05, 0.1) is 21.3 Å². The van der Waals surface area contributed by atoms with Gasteiger partial charge >= 0.3 is 18.4 Å². The number of urea groups is 1. The fourth-order valence-electron chi connectivity index (χ4n) is 3.94. The molecular weight excluding hydrogens is 523 g/mol. The van der Waals surface area contributed by atoms with Crippen molar-refractivity contribution in [2.24, 2.45) is 0 Å². The Hall–Kier alpha value is -2.63. The van der Waals surface area contributed by atoms with Crippen LogP contribution in [0.2, 0.25) is 10.0 Å². The number of hydrogen-bond donors (Lipinski definition) is 2. The van der Waals surface area contributed by atoms with Gasteiger partial charge in [-0.15, -0.1) is 0 Å². The summed E-state index contributed by atoms with van der Waals surface area (Å²) in [5.41, 5.74) is -2.32. The van der Waals surface area contributed by atoms with Crippen molar-refractivity contribution in [1.82, 2.24) is 15.7 Å². The first-order valence-electron chi connectivity index (χ1n) is 10.1. The van der Waals surface area contributed by atoms with Crippen LogP contribution in [0.1, 0.15) is 28.2 Å². The van der Waals surface area contributed by atoms with E-state index >= 15 is 0 Å². The van der Waals surface area contributed by atoms with Crippen molar-refractivity contribution in [3.8, 4) is 0 Å². The number of nitrogens with zero attached hydrogens (tertiary/aromatic N) is 1. The minimum Gasteiger partial charge on any atom is -0.341 e. The van der Waals surface area contributed by atoms with Crippen molar-refractivity contribution in [2.75, 3.05) is 20.1 Å². The number of hydrogen-bond acceptors (Lipinski definition) is 3. The van der Waals surface area contributed by atoms with Gasteiger partial charge in [-0.3, -0.25) is 10.3 Å². The number of nitrogens with one attached hydrogen (secondary N) is 2. The lowest BCUT2D eigenvalue weighted by Gasteiger charge is -2.39. The number of rotatable bonds is 3. The number of halogens is 8. The molecule has 1 unspecified atom stereocenters. The van der Waals surface area contributed by atoms with Gasteiger partial charge in [0.1, 0.15) is 0 Å². The van der Waals surface area contributed by atoms with Gasteiger partial charge in [-0.25, -0.2) is 4.79 Å². The molecule has 0 bridgehead atoms. The molecule has 0 spiro atoms. The smallest absolute Gasteiger partial charge is 0.341 e. The SMILES string of the molecule is CNC(=O)N1CC(c2ccc(C3=CC(c4cc(Cl)c(Cl)c(C(F)(F)F)c4)(C(F)(F)F)ON3)cc2)C1. The van der Waals surface area contributed by atoms with Crippen molar-refractivity contribution >= 4 is 34.9 Å². The predicted molar refractivity (Wildman–Crippen MR) is 117 cm³/mol. The minimum absolute atomic E-state index is 0.0781. The van der Waals surface area contributed by atoms with E-state index in [1.54, 1.807) is 29.2 Å². The summed E-state index contributed by atoms with van der Waals surface area (Å²) in [4.78, 5) is 18.1. The molecule has 2 aromatic carbocycles. The molecule has 5 nitrogen and oxygen atoms in total. The molecule has 13 heteroatoms. The van der Waals surface area contributed by atoms with Crippen molar-refractivity contribution in [2.45, 2.75) is 23.9 Å². The van der Waals surface area contributed by atoms with Gasteiger partial charge in [0.2, 0.25) is 5.60 Å². The zero-order valence-electron chi connectivity index (χ0n) is 17.8. The third-order valence-electron chi connectivity index (χ3n) is 5.93. The third kappa shape index (κ3) is 4.52. The van der Waals surface area contributed by atoms with Crippen LogP contribution in [-0.4, -0.2) is 37.2 Å². The Labute approximate surface area is 205 Å². The molecule has 2 amide bonds. The van der Waals surface area contributed by atoms with Crippen LogP contribution in [0, 0.1) is 0 Å². The third-order valence-corrected chi connectivity index (χ3v) is 6.73. The summed E-state index contributed by atoms with van der Waals surface area (Å²) >= 11 is 11.4. The number of amides is 2. The summed E-state index contributed by atoms with van der Waals surface area (Å²) in [5, 5.41) is 0.925. The molecular formula is C22H17Cl2F6N3O2. The van der Waals surface area contributed by atoms with Gasteiger partial charge in [-0.05, 0) is 29.3 Å². The molecule has 2 heterocycles. The monoisotopic (exact) mass is 539 g/mol. The number of likely N-dealkylation sites (tertiary alicyclic amines) is 1. The molecule has 2 aliphatic rings. The van der Waals surface area contributed by atoms with E-state index in [0.717, 1.165) is 5.56 Å². The Morgan fingerprint density at radius 1 is 1.11 bits per heavy atom. The quantitative estimate of drug-likeness (QED) is 0.464. The second-order valence-corrected chi connectivity index (χ2v) is 8.88. The molecule has 0 aromatic heterocycles. The molecule has 0 saturated carbocycles. The Bertz CT molecular complexity index is 1180. The van der Waals surface area contributed by atoms with Gasteiger partial charge in [0.15, 0.2) is 0 Å². The highest BCUT2D eigenvalue weighted by Gasteiger charge is 2.60. The molecule has 0 radical (unpaired) electrons. The number of benzene rings is 2. The lowest BCUT2D eigenvalue weighted by atomic mass is 9.89.